The van der Waals surface area contributed by atoms with E-state index in [0.29, 0.717) is 17.9 Å². The highest BCUT2D eigenvalue weighted by Gasteiger charge is 2.33. The number of ether oxygens (including phenoxy) is 1. The number of hydrogen-bond acceptors (Lipinski definition) is 5. The molecule has 0 aromatic heterocycles. The summed E-state index contributed by atoms with van der Waals surface area (Å²) in [5, 5.41) is 2.98. The summed E-state index contributed by atoms with van der Waals surface area (Å²) in [7, 11) is -2.81. The molecule has 0 saturated heterocycles. The molecule has 41 heavy (non-hydrogen) atoms. The molecule has 3 rings (SSSR count). The molecule has 0 unspecified atom stereocenters. The number of carbonyl (C=O) groups is 2. The first-order chi connectivity index (χ1) is 19.3. The maximum absolute atomic E-state index is 13.9. The Kier molecular flexibility index (Phi) is 10.8. The number of methoxy groups -OCH3 is 1. The number of benzene rings is 3. The fourth-order valence-corrected chi connectivity index (χ4v) is 5.66. The van der Waals surface area contributed by atoms with Crippen LogP contribution in [0.2, 0.25) is 5.02 Å². The maximum atomic E-state index is 13.9. The number of amides is 2. The van der Waals surface area contributed by atoms with Gasteiger partial charge >= 0.3 is 0 Å². The van der Waals surface area contributed by atoms with Crippen molar-refractivity contribution in [3.05, 3.63) is 88.7 Å². The lowest BCUT2D eigenvalue weighted by atomic mass is 10.1. The molecule has 0 aliphatic heterocycles. The second kappa shape index (κ2) is 13.8. The van der Waals surface area contributed by atoms with Crippen LogP contribution in [0.15, 0.2) is 71.6 Å². The van der Waals surface area contributed by atoms with Crippen molar-refractivity contribution in [2.45, 2.75) is 45.2 Å². The molecule has 1 N–H and O–H groups in total. The molecule has 0 heterocycles. The summed E-state index contributed by atoms with van der Waals surface area (Å²) in [6, 6.07) is 15.3. The van der Waals surface area contributed by atoms with E-state index >= 15 is 0 Å². The van der Waals surface area contributed by atoms with Crippen molar-refractivity contribution in [1.82, 2.24) is 10.2 Å². The van der Waals surface area contributed by atoms with Gasteiger partial charge in [0.2, 0.25) is 11.8 Å². The van der Waals surface area contributed by atoms with Gasteiger partial charge in [0, 0.05) is 13.1 Å². The Bertz CT molecular complexity index is 1460. The Balaban J connectivity index is 2.04. The molecule has 1 atom stereocenters. The van der Waals surface area contributed by atoms with E-state index in [-0.39, 0.29) is 28.1 Å². The number of nitrogens with zero attached hydrogens (tertiary/aromatic N) is 2. The summed E-state index contributed by atoms with van der Waals surface area (Å²) >= 11 is 6.34. The SMILES string of the molecule is COc1ccc(N(CC(=O)N(Cc2ccc(F)cc2)[C@H](C)C(=O)NCC(C)C)S(=O)(=O)c2ccc(C)cc2)cc1Cl. The Hall–Kier alpha value is -3.63. The predicted molar refractivity (Wildman–Crippen MR) is 158 cm³/mol. The van der Waals surface area contributed by atoms with Crippen molar-refractivity contribution in [3.8, 4) is 5.75 Å². The van der Waals surface area contributed by atoms with Gasteiger partial charge in [-0.2, -0.15) is 0 Å². The summed E-state index contributed by atoms with van der Waals surface area (Å²) in [4.78, 5) is 28.2. The molecule has 0 radical (unpaired) electrons. The van der Waals surface area contributed by atoms with E-state index in [9.17, 15) is 22.4 Å². The number of nitrogens with one attached hydrogen (secondary N) is 1. The Labute approximate surface area is 246 Å². The van der Waals surface area contributed by atoms with Crippen molar-refractivity contribution in [1.29, 1.82) is 0 Å². The van der Waals surface area contributed by atoms with E-state index in [2.05, 4.69) is 5.32 Å². The van der Waals surface area contributed by atoms with Gasteiger partial charge in [-0.1, -0.05) is 55.3 Å². The highest BCUT2D eigenvalue weighted by atomic mass is 35.5. The Morgan fingerprint density at radius 2 is 1.63 bits per heavy atom. The molecule has 3 aromatic rings. The molecule has 220 valence electrons. The third-order valence-corrected chi connectivity index (χ3v) is 8.51. The molecule has 0 spiro atoms. The van der Waals surface area contributed by atoms with E-state index in [4.69, 9.17) is 16.3 Å². The molecule has 8 nitrogen and oxygen atoms in total. The summed E-state index contributed by atoms with van der Waals surface area (Å²) in [5.41, 5.74) is 1.58. The van der Waals surface area contributed by atoms with Crippen LogP contribution in [0.5, 0.6) is 5.75 Å². The van der Waals surface area contributed by atoms with Gasteiger partial charge < -0.3 is 15.0 Å². The summed E-state index contributed by atoms with van der Waals surface area (Å²) in [6.07, 6.45) is 0. The van der Waals surface area contributed by atoms with Gasteiger partial charge in [-0.05, 0) is 67.8 Å². The Morgan fingerprint density at radius 1 is 1.00 bits per heavy atom. The number of carbonyl (C=O) groups excluding carboxylic acids is 2. The van der Waals surface area contributed by atoms with Crippen LogP contribution in [0.1, 0.15) is 31.9 Å². The van der Waals surface area contributed by atoms with E-state index in [1.807, 2.05) is 20.8 Å². The van der Waals surface area contributed by atoms with Gasteiger partial charge in [-0.25, -0.2) is 12.8 Å². The number of aryl methyl sites for hydroxylation is 1. The topological polar surface area (TPSA) is 96.0 Å². The van der Waals surface area contributed by atoms with Crippen LogP contribution < -0.4 is 14.4 Å². The zero-order valence-electron chi connectivity index (χ0n) is 23.7. The normalized spacial score (nSPS) is 12.1. The molecular weight excluding hydrogens is 569 g/mol. The third-order valence-electron chi connectivity index (χ3n) is 6.43. The molecule has 3 aromatic carbocycles. The average Bonchev–Trinajstić information content (AvgIpc) is 2.93. The van der Waals surface area contributed by atoms with Gasteiger partial charge in [0.15, 0.2) is 0 Å². The first-order valence-electron chi connectivity index (χ1n) is 13.1. The number of hydrogen-bond donors (Lipinski definition) is 1. The predicted octanol–water partition coefficient (Wildman–Crippen LogP) is 5.18. The van der Waals surface area contributed by atoms with Crippen molar-refractivity contribution in [2.24, 2.45) is 5.92 Å². The fourth-order valence-electron chi connectivity index (χ4n) is 4.00. The number of rotatable bonds is 12. The average molecular weight is 604 g/mol. The molecule has 0 aliphatic rings. The quantitative estimate of drug-likeness (QED) is 0.308. The van der Waals surface area contributed by atoms with Crippen molar-refractivity contribution in [3.63, 3.8) is 0 Å². The minimum atomic E-state index is -4.25. The lowest BCUT2D eigenvalue weighted by molar-refractivity contribution is -0.139. The second-order valence-electron chi connectivity index (χ2n) is 10.1. The first-order valence-corrected chi connectivity index (χ1v) is 14.9. The molecule has 0 bridgehead atoms. The van der Waals surface area contributed by atoms with Crippen LogP contribution in [-0.4, -0.2) is 51.4 Å². The van der Waals surface area contributed by atoms with E-state index in [1.165, 1.54) is 66.6 Å². The zero-order chi connectivity index (χ0) is 30.3. The van der Waals surface area contributed by atoms with Crippen LogP contribution in [0.4, 0.5) is 10.1 Å². The van der Waals surface area contributed by atoms with Crippen LogP contribution >= 0.6 is 11.6 Å². The smallest absolute Gasteiger partial charge is 0.264 e. The molecule has 2 amide bonds. The minimum Gasteiger partial charge on any atom is -0.495 e. The summed E-state index contributed by atoms with van der Waals surface area (Å²) in [5.74, 6) is -0.954. The van der Waals surface area contributed by atoms with Gasteiger partial charge in [-0.15, -0.1) is 0 Å². The van der Waals surface area contributed by atoms with Crippen LogP contribution in [0.3, 0.4) is 0 Å². The van der Waals surface area contributed by atoms with Crippen molar-refractivity contribution in [2.75, 3.05) is 24.5 Å². The largest absolute Gasteiger partial charge is 0.495 e. The van der Waals surface area contributed by atoms with Gasteiger partial charge in [0.05, 0.1) is 22.7 Å². The molecule has 0 saturated carbocycles. The summed E-state index contributed by atoms with van der Waals surface area (Å²) in [6.45, 7) is 7.03. The Morgan fingerprint density at radius 3 is 2.20 bits per heavy atom. The third kappa shape index (κ3) is 8.20. The highest BCUT2D eigenvalue weighted by Crippen LogP contribution is 2.32. The van der Waals surface area contributed by atoms with Crippen LogP contribution in [-0.2, 0) is 26.2 Å². The lowest BCUT2D eigenvalue weighted by Gasteiger charge is -2.32. The van der Waals surface area contributed by atoms with E-state index in [0.717, 1.165) is 9.87 Å². The van der Waals surface area contributed by atoms with E-state index < -0.39 is 40.2 Å². The van der Waals surface area contributed by atoms with Gasteiger partial charge in [0.25, 0.3) is 10.0 Å². The molecule has 0 fully saturated rings. The van der Waals surface area contributed by atoms with Crippen LogP contribution in [0.25, 0.3) is 0 Å². The zero-order valence-corrected chi connectivity index (χ0v) is 25.3. The molecule has 11 heteroatoms. The number of halogens is 2. The minimum absolute atomic E-state index is 0.0179. The standard InChI is InChI=1S/C30H35ClFN3O5S/c1-20(2)17-33-30(37)22(4)34(18-23-8-10-24(32)11-9-23)29(36)19-35(25-12-15-28(40-5)27(31)16-25)41(38,39)26-13-6-21(3)7-14-26/h6-16,20,22H,17-19H2,1-5H3,(H,33,37)/t22-/m1/s1. The monoisotopic (exact) mass is 603 g/mol. The van der Waals surface area contributed by atoms with Crippen molar-refractivity contribution >= 4 is 39.1 Å². The van der Waals surface area contributed by atoms with Crippen molar-refractivity contribution < 1.29 is 27.1 Å². The number of sulfonamides is 1. The van der Waals surface area contributed by atoms with Gasteiger partial charge in [-0.3, -0.25) is 13.9 Å². The summed E-state index contributed by atoms with van der Waals surface area (Å²) < 4.78 is 47.5. The van der Waals surface area contributed by atoms with Gasteiger partial charge in [0.1, 0.15) is 24.2 Å². The highest BCUT2D eigenvalue weighted by molar-refractivity contribution is 7.92. The van der Waals surface area contributed by atoms with E-state index in [1.54, 1.807) is 19.1 Å². The molecular formula is C30H35ClFN3O5S. The van der Waals surface area contributed by atoms with Crippen LogP contribution in [0, 0.1) is 18.7 Å². The number of anilines is 1. The maximum Gasteiger partial charge on any atom is 0.264 e. The first kappa shape index (κ1) is 31.9. The fraction of sp³-hybridized carbons (Fsp3) is 0.333. The molecule has 0 aliphatic carbocycles. The lowest BCUT2D eigenvalue weighted by Crippen LogP contribution is -2.51. The second-order valence-corrected chi connectivity index (χ2v) is 12.4.